The van der Waals surface area contributed by atoms with Gasteiger partial charge < -0.3 is 4.57 Å². The van der Waals surface area contributed by atoms with Gasteiger partial charge >= 0.3 is 0 Å². The van der Waals surface area contributed by atoms with E-state index < -0.39 is 0 Å². The van der Waals surface area contributed by atoms with Crippen molar-refractivity contribution >= 4 is 34.8 Å². The summed E-state index contributed by atoms with van der Waals surface area (Å²) in [5, 5.41) is 1.83. The van der Waals surface area contributed by atoms with Gasteiger partial charge in [0, 0.05) is 28.4 Å². The highest BCUT2D eigenvalue weighted by Gasteiger charge is 2.07. The molecule has 0 amide bonds. The Bertz CT molecular complexity index is 1020. The van der Waals surface area contributed by atoms with Crippen molar-refractivity contribution in [2.45, 2.75) is 0 Å². The lowest BCUT2D eigenvalue weighted by Crippen LogP contribution is -1.96. The van der Waals surface area contributed by atoms with Crippen LogP contribution >= 0.6 is 11.6 Å². The quantitative estimate of drug-likeness (QED) is 0.431. The summed E-state index contributed by atoms with van der Waals surface area (Å²) < 4.78 is 2.09. The molecule has 0 atom stereocenters. The van der Waals surface area contributed by atoms with Gasteiger partial charge in [0.1, 0.15) is 5.65 Å². The number of benzene rings is 2. The highest BCUT2D eigenvalue weighted by atomic mass is 35.5. The number of rotatable bonds is 3. The van der Waals surface area contributed by atoms with Crippen molar-refractivity contribution in [3.05, 3.63) is 95.3 Å². The summed E-state index contributed by atoms with van der Waals surface area (Å²) >= 11 is 6.22. The van der Waals surface area contributed by atoms with Crippen molar-refractivity contribution in [3.63, 3.8) is 0 Å². The minimum atomic E-state index is 0.718. The molecule has 0 aliphatic heterocycles. The Morgan fingerprint density at radius 3 is 2.62 bits per heavy atom. The van der Waals surface area contributed by atoms with E-state index in [9.17, 15) is 0 Å². The zero-order valence-electron chi connectivity index (χ0n) is 12.9. The van der Waals surface area contributed by atoms with Crippen LogP contribution in [0, 0.1) is 0 Å². The molecule has 2 aromatic carbocycles. The molecule has 116 valence electrons. The van der Waals surface area contributed by atoms with Gasteiger partial charge in [-0.3, -0.25) is 0 Å². The first-order valence-corrected chi connectivity index (χ1v) is 8.14. The predicted octanol–water partition coefficient (Wildman–Crippen LogP) is 5.85. The van der Waals surface area contributed by atoms with Gasteiger partial charge in [-0.05, 0) is 42.0 Å². The summed E-state index contributed by atoms with van der Waals surface area (Å²) in [4.78, 5) is 4.51. The monoisotopic (exact) mass is 330 g/mol. The molecule has 4 rings (SSSR count). The summed E-state index contributed by atoms with van der Waals surface area (Å²) in [7, 11) is 0. The van der Waals surface area contributed by atoms with Gasteiger partial charge in [-0.2, -0.15) is 0 Å². The molecule has 0 fully saturated rings. The van der Waals surface area contributed by atoms with Crippen molar-refractivity contribution in [1.82, 2.24) is 9.55 Å². The van der Waals surface area contributed by atoms with Crippen LogP contribution in [0.1, 0.15) is 11.1 Å². The maximum atomic E-state index is 6.22. The summed E-state index contributed by atoms with van der Waals surface area (Å²) in [6, 6.07) is 22.2. The molecule has 0 unspecified atom stereocenters. The van der Waals surface area contributed by atoms with Crippen LogP contribution in [0.3, 0.4) is 0 Å². The van der Waals surface area contributed by atoms with Crippen molar-refractivity contribution < 1.29 is 0 Å². The molecule has 2 heterocycles. The Morgan fingerprint density at radius 1 is 0.875 bits per heavy atom. The number of hydrogen-bond acceptors (Lipinski definition) is 1. The summed E-state index contributed by atoms with van der Waals surface area (Å²) in [5.74, 6) is 0. The van der Waals surface area contributed by atoms with Crippen LogP contribution < -0.4 is 0 Å². The van der Waals surface area contributed by atoms with Crippen molar-refractivity contribution in [1.29, 1.82) is 0 Å². The van der Waals surface area contributed by atoms with Gasteiger partial charge in [0.05, 0.1) is 5.69 Å². The molecule has 0 aliphatic carbocycles. The Balaban J connectivity index is 1.83. The topological polar surface area (TPSA) is 17.8 Å². The maximum Gasteiger partial charge on any atom is 0.144 e. The lowest BCUT2D eigenvalue weighted by molar-refractivity contribution is 1.09. The molecular weight excluding hydrogens is 316 g/mol. The molecule has 0 bridgehead atoms. The van der Waals surface area contributed by atoms with E-state index in [1.807, 2.05) is 54.9 Å². The van der Waals surface area contributed by atoms with E-state index in [0.717, 1.165) is 32.9 Å². The highest BCUT2D eigenvalue weighted by Crippen LogP contribution is 2.25. The molecule has 2 aromatic heterocycles. The molecule has 3 heteroatoms. The molecule has 24 heavy (non-hydrogen) atoms. The average Bonchev–Trinajstić information content (AvgIpc) is 3.05. The smallest absolute Gasteiger partial charge is 0.144 e. The third kappa shape index (κ3) is 2.84. The van der Waals surface area contributed by atoms with Crippen LogP contribution in [0.2, 0.25) is 5.02 Å². The third-order valence-corrected chi connectivity index (χ3v) is 4.19. The zero-order chi connectivity index (χ0) is 16.4. The molecule has 0 radical (unpaired) electrons. The number of aromatic nitrogens is 2. The number of nitrogens with zero attached hydrogens (tertiary/aromatic N) is 2. The summed E-state index contributed by atoms with van der Waals surface area (Å²) in [6.07, 6.45) is 8.04. The van der Waals surface area contributed by atoms with E-state index in [-0.39, 0.29) is 0 Å². The van der Waals surface area contributed by atoms with E-state index in [4.69, 9.17) is 11.6 Å². The van der Waals surface area contributed by atoms with E-state index in [2.05, 4.69) is 46.0 Å². The minimum absolute atomic E-state index is 0.718. The second kappa shape index (κ2) is 6.34. The molecule has 0 aliphatic rings. The fraction of sp³-hybridized carbons (Fsp3) is 0. The third-order valence-electron chi connectivity index (χ3n) is 3.95. The largest absolute Gasteiger partial charge is 0.301 e. The Hall–Kier alpha value is -2.84. The summed E-state index contributed by atoms with van der Waals surface area (Å²) in [6.45, 7) is 0. The number of halogens is 1. The van der Waals surface area contributed by atoms with Crippen LogP contribution in [-0.2, 0) is 0 Å². The molecule has 0 saturated carbocycles. The fourth-order valence-electron chi connectivity index (χ4n) is 2.79. The Labute approximate surface area is 145 Å². The Kier molecular flexibility index (Phi) is 3.89. The van der Waals surface area contributed by atoms with Gasteiger partial charge in [-0.25, -0.2) is 4.98 Å². The average molecular weight is 331 g/mol. The standard InChI is InChI=1S/C21H15ClN2/c22-19-10-11-20(24-14-12-17-7-4-13-23-21(17)24)18(15-19)9-8-16-5-2-1-3-6-16/h1-15H/b9-8+. The van der Waals surface area contributed by atoms with Gasteiger partial charge in [0.15, 0.2) is 0 Å². The van der Waals surface area contributed by atoms with E-state index in [1.54, 1.807) is 0 Å². The molecular formula is C21H15ClN2. The van der Waals surface area contributed by atoms with Gasteiger partial charge in [-0.15, -0.1) is 0 Å². The number of fused-ring (bicyclic) bond motifs is 1. The maximum absolute atomic E-state index is 6.22. The SMILES string of the molecule is Clc1ccc(-n2ccc3cccnc32)c(/C=C/c2ccccc2)c1. The molecule has 2 nitrogen and oxygen atoms in total. The van der Waals surface area contributed by atoms with Crippen molar-refractivity contribution in [2.24, 2.45) is 0 Å². The molecule has 0 spiro atoms. The second-order valence-corrected chi connectivity index (χ2v) is 5.99. The molecule has 0 N–H and O–H groups in total. The molecule has 4 aromatic rings. The normalized spacial score (nSPS) is 11.4. The van der Waals surface area contributed by atoms with Crippen LogP contribution in [0.5, 0.6) is 0 Å². The highest BCUT2D eigenvalue weighted by molar-refractivity contribution is 6.30. The van der Waals surface area contributed by atoms with E-state index in [0.29, 0.717) is 0 Å². The van der Waals surface area contributed by atoms with Gasteiger partial charge in [0.25, 0.3) is 0 Å². The van der Waals surface area contributed by atoms with Crippen LogP contribution in [0.4, 0.5) is 0 Å². The lowest BCUT2D eigenvalue weighted by atomic mass is 10.1. The predicted molar refractivity (Wildman–Crippen MR) is 101 cm³/mol. The van der Waals surface area contributed by atoms with Crippen molar-refractivity contribution in [2.75, 3.05) is 0 Å². The number of hydrogen-bond donors (Lipinski definition) is 0. The van der Waals surface area contributed by atoms with Crippen molar-refractivity contribution in [3.8, 4) is 5.69 Å². The minimum Gasteiger partial charge on any atom is -0.301 e. The second-order valence-electron chi connectivity index (χ2n) is 5.55. The lowest BCUT2D eigenvalue weighted by Gasteiger charge is -2.09. The van der Waals surface area contributed by atoms with E-state index in [1.165, 1.54) is 0 Å². The Morgan fingerprint density at radius 2 is 1.75 bits per heavy atom. The first-order chi connectivity index (χ1) is 11.8. The van der Waals surface area contributed by atoms with Crippen LogP contribution in [-0.4, -0.2) is 9.55 Å². The van der Waals surface area contributed by atoms with Crippen LogP contribution in [0.25, 0.3) is 28.9 Å². The van der Waals surface area contributed by atoms with Gasteiger partial charge in [-0.1, -0.05) is 54.1 Å². The van der Waals surface area contributed by atoms with Crippen LogP contribution in [0.15, 0.2) is 79.1 Å². The number of pyridine rings is 1. The zero-order valence-corrected chi connectivity index (χ0v) is 13.7. The first kappa shape index (κ1) is 14.7. The molecule has 0 saturated heterocycles. The first-order valence-electron chi connectivity index (χ1n) is 7.76. The van der Waals surface area contributed by atoms with Gasteiger partial charge in [0.2, 0.25) is 0 Å². The fourth-order valence-corrected chi connectivity index (χ4v) is 2.97. The summed E-state index contributed by atoms with van der Waals surface area (Å²) in [5.41, 5.74) is 4.20. The van der Waals surface area contributed by atoms with E-state index >= 15 is 0 Å².